The fourth-order valence-corrected chi connectivity index (χ4v) is 7.81. The van der Waals surface area contributed by atoms with Crippen molar-refractivity contribution in [2.75, 3.05) is 11.9 Å². The molecule has 2 aliphatic carbocycles. The van der Waals surface area contributed by atoms with Crippen LogP contribution < -0.4 is 4.90 Å². The Kier molecular flexibility index (Phi) is 6.42. The number of piperidine rings is 2. The minimum atomic E-state index is 0.289. The zero-order valence-electron chi connectivity index (χ0n) is 19.8. The monoisotopic (exact) mass is 422 g/mol. The number of aryl methyl sites for hydroxylation is 1. The van der Waals surface area contributed by atoms with Crippen LogP contribution in [-0.2, 0) is 11.2 Å². The van der Waals surface area contributed by atoms with E-state index in [1.165, 1.54) is 81.9 Å². The van der Waals surface area contributed by atoms with Gasteiger partial charge in [0.05, 0.1) is 0 Å². The van der Waals surface area contributed by atoms with Crippen molar-refractivity contribution in [2.45, 2.75) is 115 Å². The minimum absolute atomic E-state index is 0.289. The summed E-state index contributed by atoms with van der Waals surface area (Å²) in [5, 5.41) is 0. The Morgan fingerprint density at radius 2 is 1.55 bits per heavy atom. The molecule has 1 aromatic carbocycles. The van der Waals surface area contributed by atoms with Gasteiger partial charge in [-0.2, -0.15) is 0 Å². The van der Waals surface area contributed by atoms with Crippen molar-refractivity contribution in [3.63, 3.8) is 0 Å². The van der Waals surface area contributed by atoms with Gasteiger partial charge < -0.3 is 9.69 Å². The highest BCUT2D eigenvalue weighted by Crippen LogP contribution is 2.46. The molecule has 31 heavy (non-hydrogen) atoms. The molecule has 0 radical (unpaired) electrons. The van der Waals surface area contributed by atoms with E-state index in [0.717, 1.165) is 36.4 Å². The first-order valence-electron chi connectivity index (χ1n) is 13.2. The summed E-state index contributed by atoms with van der Waals surface area (Å²) in [6, 6.07) is 11.9. The van der Waals surface area contributed by atoms with Crippen LogP contribution in [0.5, 0.6) is 0 Å². The zero-order chi connectivity index (χ0) is 21.4. The second kappa shape index (κ2) is 9.25. The second-order valence-corrected chi connectivity index (χ2v) is 11.3. The summed E-state index contributed by atoms with van der Waals surface area (Å²) in [4.78, 5) is 17.2. The van der Waals surface area contributed by atoms with Gasteiger partial charge >= 0.3 is 0 Å². The van der Waals surface area contributed by atoms with E-state index in [4.69, 9.17) is 0 Å². The fourth-order valence-electron chi connectivity index (χ4n) is 7.81. The third kappa shape index (κ3) is 4.58. The normalized spacial score (nSPS) is 35.5. The van der Waals surface area contributed by atoms with Crippen LogP contribution in [0.1, 0.15) is 89.5 Å². The summed E-state index contributed by atoms with van der Waals surface area (Å²) in [5.41, 5.74) is 2.69. The maximum atomic E-state index is 11.6. The number of fused-ring (bicyclic) bond motifs is 4. The molecule has 2 heterocycles. The smallest absolute Gasteiger partial charge is 0.130 e. The van der Waals surface area contributed by atoms with Crippen molar-refractivity contribution < 1.29 is 4.79 Å². The molecule has 4 aliphatic rings. The topological polar surface area (TPSA) is 23.6 Å². The Labute approximate surface area is 189 Å². The van der Waals surface area contributed by atoms with Gasteiger partial charge in [0.25, 0.3) is 0 Å². The van der Waals surface area contributed by atoms with Crippen LogP contribution in [0, 0.1) is 11.8 Å². The fraction of sp³-hybridized carbons (Fsp3) is 0.750. The molecule has 4 fully saturated rings. The van der Waals surface area contributed by atoms with Crippen LogP contribution in [0.4, 0.5) is 5.69 Å². The summed E-state index contributed by atoms with van der Waals surface area (Å²) in [6.07, 6.45) is 17.4. The molecule has 3 unspecified atom stereocenters. The summed E-state index contributed by atoms with van der Waals surface area (Å²) < 4.78 is 0. The molecule has 0 spiro atoms. The first-order chi connectivity index (χ1) is 15.1. The lowest BCUT2D eigenvalue weighted by Gasteiger charge is -2.56. The van der Waals surface area contributed by atoms with Crippen molar-refractivity contribution in [2.24, 2.45) is 11.8 Å². The van der Waals surface area contributed by atoms with Gasteiger partial charge in [-0.1, -0.05) is 43.9 Å². The van der Waals surface area contributed by atoms with Crippen molar-refractivity contribution in [3.05, 3.63) is 29.8 Å². The number of hydrogen-bond acceptors (Lipinski definition) is 3. The van der Waals surface area contributed by atoms with Gasteiger partial charge in [0.2, 0.25) is 0 Å². The summed E-state index contributed by atoms with van der Waals surface area (Å²) in [5.74, 6) is 2.33. The van der Waals surface area contributed by atoms with E-state index >= 15 is 0 Å². The van der Waals surface area contributed by atoms with Crippen LogP contribution in [-0.4, -0.2) is 41.9 Å². The van der Waals surface area contributed by atoms with Gasteiger partial charge in [0.1, 0.15) is 5.78 Å². The van der Waals surface area contributed by atoms with E-state index in [9.17, 15) is 4.79 Å². The highest BCUT2D eigenvalue weighted by molar-refractivity contribution is 5.76. The number of ketones is 1. The molecule has 0 aromatic heterocycles. The first-order valence-corrected chi connectivity index (χ1v) is 13.2. The van der Waals surface area contributed by atoms with Crippen LogP contribution in [0.25, 0.3) is 0 Å². The highest BCUT2D eigenvalue weighted by atomic mass is 16.1. The van der Waals surface area contributed by atoms with Gasteiger partial charge in [-0.05, 0) is 81.8 Å². The minimum Gasteiger partial charge on any atom is -0.371 e. The number of benzene rings is 1. The van der Waals surface area contributed by atoms with E-state index in [1.807, 2.05) is 0 Å². The Bertz CT molecular complexity index is 750. The molecule has 0 amide bonds. The van der Waals surface area contributed by atoms with Crippen LogP contribution >= 0.6 is 0 Å². The third-order valence-electron chi connectivity index (χ3n) is 9.20. The predicted molar refractivity (Wildman–Crippen MR) is 129 cm³/mol. The van der Waals surface area contributed by atoms with Gasteiger partial charge in [-0.3, -0.25) is 4.90 Å². The number of hydrogen-bond donors (Lipinski definition) is 0. The van der Waals surface area contributed by atoms with Gasteiger partial charge in [-0.15, -0.1) is 0 Å². The largest absolute Gasteiger partial charge is 0.371 e. The summed E-state index contributed by atoms with van der Waals surface area (Å²) in [6.45, 7) is 1.71. The number of nitrogens with zero attached hydrogens (tertiary/aromatic N) is 2. The van der Waals surface area contributed by atoms with Crippen molar-refractivity contribution in [1.82, 2.24) is 4.90 Å². The molecule has 1 aromatic rings. The molecular formula is C28H42N2O. The predicted octanol–water partition coefficient (Wildman–Crippen LogP) is 6.00. The number of anilines is 1. The Hall–Kier alpha value is -1.35. The lowest BCUT2D eigenvalue weighted by atomic mass is 9.68. The quantitative estimate of drug-likeness (QED) is 0.562. The molecule has 3 nitrogen and oxygen atoms in total. The number of rotatable bonds is 6. The molecule has 6 atom stereocenters. The van der Waals surface area contributed by atoms with Crippen LogP contribution in [0.3, 0.4) is 0 Å². The Morgan fingerprint density at radius 1 is 0.903 bits per heavy atom. The maximum Gasteiger partial charge on any atom is 0.130 e. The molecule has 170 valence electrons. The summed E-state index contributed by atoms with van der Waals surface area (Å²) in [7, 11) is 2.31. The molecule has 2 saturated heterocycles. The molecule has 3 heteroatoms. The van der Waals surface area contributed by atoms with Crippen molar-refractivity contribution >= 4 is 11.5 Å². The van der Waals surface area contributed by atoms with E-state index in [2.05, 4.69) is 41.1 Å². The number of carbonyl (C=O) groups excluding carboxylic acids is 1. The molecule has 0 N–H and O–H groups in total. The van der Waals surface area contributed by atoms with E-state index in [0.29, 0.717) is 12.5 Å². The molecular weight excluding hydrogens is 380 g/mol. The standard InChI is InChI=1S/C28H42N2O/c1-20(31)13-14-23-9-3-4-12-28(23)29(2)26-18-24-10-6-11-25(19-26)30(24)27-16-21-7-5-8-22(15-21)17-27/h3-4,9,12,21-22,24-27H,5-8,10-11,13-19H2,1-2H3/t21-,22?,24-,25+,26?,27?/m1/s1. The average molecular weight is 423 g/mol. The lowest BCUT2D eigenvalue weighted by Crippen LogP contribution is -2.61. The number of Topliss-reactive ketones (excluding diaryl/α,β-unsaturated/α-hetero) is 1. The van der Waals surface area contributed by atoms with Gasteiger partial charge in [-0.25, -0.2) is 0 Å². The van der Waals surface area contributed by atoms with Crippen LogP contribution in [0.15, 0.2) is 24.3 Å². The third-order valence-corrected chi connectivity index (χ3v) is 9.20. The van der Waals surface area contributed by atoms with E-state index < -0.39 is 0 Å². The van der Waals surface area contributed by atoms with Crippen LogP contribution in [0.2, 0.25) is 0 Å². The molecule has 5 rings (SSSR count). The average Bonchev–Trinajstić information content (AvgIpc) is 2.76. The van der Waals surface area contributed by atoms with E-state index in [1.54, 1.807) is 6.92 Å². The first kappa shape index (κ1) is 21.5. The summed E-state index contributed by atoms with van der Waals surface area (Å²) >= 11 is 0. The van der Waals surface area contributed by atoms with Crippen molar-refractivity contribution in [3.8, 4) is 0 Å². The Morgan fingerprint density at radius 3 is 2.23 bits per heavy atom. The van der Waals surface area contributed by atoms with Gasteiger partial charge in [0, 0.05) is 43.3 Å². The number of carbonyl (C=O) groups is 1. The second-order valence-electron chi connectivity index (χ2n) is 11.3. The highest BCUT2D eigenvalue weighted by Gasteiger charge is 2.45. The molecule has 2 saturated carbocycles. The molecule has 2 aliphatic heterocycles. The zero-order valence-corrected chi connectivity index (χ0v) is 19.8. The van der Waals surface area contributed by atoms with E-state index in [-0.39, 0.29) is 5.78 Å². The Balaban J connectivity index is 1.30. The lowest BCUT2D eigenvalue weighted by molar-refractivity contribution is -0.116. The maximum absolute atomic E-state index is 11.6. The SMILES string of the molecule is CC(=O)CCc1ccccc1N(C)C1C[C@H]2CCC[C@@H](C1)N2C1CC2CCC[C@H](C2)C1. The van der Waals surface area contributed by atoms with Crippen molar-refractivity contribution in [1.29, 1.82) is 0 Å². The molecule has 4 bridgehead atoms. The van der Waals surface area contributed by atoms with Gasteiger partial charge in [0.15, 0.2) is 0 Å². The number of para-hydroxylation sites is 1.